The summed E-state index contributed by atoms with van der Waals surface area (Å²) in [6.45, 7) is 10.1. The number of aromatic nitrogens is 2. The maximum absolute atomic E-state index is 12.4. The molecule has 0 aliphatic rings. The molecule has 2 rings (SSSR count). The molecule has 140 valence electrons. The lowest BCUT2D eigenvalue weighted by molar-refractivity contribution is -0.121. The molecule has 0 spiro atoms. The number of hydrogen-bond acceptors (Lipinski definition) is 3. The largest absolute Gasteiger partial charge is 0.353 e. The van der Waals surface area contributed by atoms with Crippen LogP contribution in [0.5, 0.6) is 0 Å². The zero-order chi connectivity index (χ0) is 19.3. The second kappa shape index (κ2) is 8.30. The van der Waals surface area contributed by atoms with E-state index in [1.807, 2.05) is 32.0 Å². The molecule has 1 aromatic carbocycles. The molecule has 1 aromatic heterocycles. The maximum Gasteiger partial charge on any atom is 0.254 e. The average molecular weight is 355 g/mol. The predicted octanol–water partition coefficient (Wildman–Crippen LogP) is 3.06. The fourth-order valence-electron chi connectivity index (χ4n) is 3.35. The average Bonchev–Trinajstić information content (AvgIpc) is 2.58. The molecule has 0 radical (unpaired) electrons. The van der Waals surface area contributed by atoms with Gasteiger partial charge in [0.25, 0.3) is 5.56 Å². The number of aryl methyl sites for hydroxylation is 2. The number of rotatable bonds is 7. The van der Waals surface area contributed by atoms with Gasteiger partial charge in [-0.15, -0.1) is 0 Å². The molecule has 1 heterocycles. The second-order valence-corrected chi connectivity index (χ2v) is 7.53. The quantitative estimate of drug-likeness (QED) is 0.801. The number of carbonyl (C=O) groups excluding carboxylic acids is 1. The third kappa shape index (κ3) is 5.04. The van der Waals surface area contributed by atoms with Gasteiger partial charge in [0.05, 0.1) is 6.42 Å². The van der Waals surface area contributed by atoms with Crippen LogP contribution >= 0.6 is 0 Å². The molecule has 5 nitrogen and oxygen atoms in total. The van der Waals surface area contributed by atoms with Crippen molar-refractivity contribution < 1.29 is 4.79 Å². The van der Waals surface area contributed by atoms with Crippen LogP contribution in [-0.4, -0.2) is 21.9 Å². The van der Waals surface area contributed by atoms with Crippen LogP contribution in [0, 0.1) is 6.92 Å². The molecule has 5 heteroatoms. The normalized spacial score (nSPS) is 12.7. The van der Waals surface area contributed by atoms with E-state index in [4.69, 9.17) is 0 Å². The van der Waals surface area contributed by atoms with Gasteiger partial charge in [-0.3, -0.25) is 9.59 Å². The summed E-state index contributed by atoms with van der Waals surface area (Å²) in [5.74, 6) is 0.496. The molecule has 2 N–H and O–H groups in total. The Labute approximate surface area is 155 Å². The number of nitrogens with one attached hydrogen (secondary N) is 2. The van der Waals surface area contributed by atoms with Crippen molar-refractivity contribution >= 4 is 5.91 Å². The highest BCUT2D eigenvalue weighted by Gasteiger charge is 2.24. The summed E-state index contributed by atoms with van der Waals surface area (Å²) in [6, 6.07) is 10.3. The molecule has 1 amide bonds. The highest BCUT2D eigenvalue weighted by atomic mass is 16.2. The van der Waals surface area contributed by atoms with E-state index in [1.165, 1.54) is 5.56 Å². The minimum Gasteiger partial charge on any atom is -0.353 e. The number of H-pyrrole nitrogens is 1. The van der Waals surface area contributed by atoms with E-state index in [0.717, 1.165) is 6.42 Å². The Morgan fingerprint density at radius 2 is 1.92 bits per heavy atom. The molecule has 0 aliphatic heterocycles. The Balaban J connectivity index is 2.01. The lowest BCUT2D eigenvalue weighted by Crippen LogP contribution is -2.39. The second-order valence-electron chi connectivity index (χ2n) is 7.53. The van der Waals surface area contributed by atoms with Crippen LogP contribution in [0.3, 0.4) is 0 Å². The third-order valence-electron chi connectivity index (χ3n) is 4.72. The SMILES string of the molecule is CCc1nc(C)c(CC(=O)N[C@@H](C)CC(C)(C)c2ccccc2)c(=O)[nH]1. The van der Waals surface area contributed by atoms with Gasteiger partial charge in [0.1, 0.15) is 5.82 Å². The summed E-state index contributed by atoms with van der Waals surface area (Å²) >= 11 is 0. The van der Waals surface area contributed by atoms with Crippen molar-refractivity contribution in [3.05, 3.63) is 63.3 Å². The van der Waals surface area contributed by atoms with Crippen LogP contribution in [0.15, 0.2) is 35.1 Å². The van der Waals surface area contributed by atoms with Gasteiger partial charge in [-0.25, -0.2) is 4.98 Å². The van der Waals surface area contributed by atoms with Gasteiger partial charge < -0.3 is 10.3 Å². The Hall–Kier alpha value is -2.43. The number of aromatic amines is 1. The molecule has 0 saturated heterocycles. The number of hydrogen-bond donors (Lipinski definition) is 2. The van der Waals surface area contributed by atoms with Crippen LogP contribution in [0.4, 0.5) is 0 Å². The van der Waals surface area contributed by atoms with Gasteiger partial charge in [0, 0.05) is 23.7 Å². The van der Waals surface area contributed by atoms with Crippen molar-refractivity contribution in [1.29, 1.82) is 0 Å². The van der Waals surface area contributed by atoms with E-state index in [0.29, 0.717) is 23.5 Å². The fraction of sp³-hybridized carbons (Fsp3) is 0.476. The van der Waals surface area contributed by atoms with Crippen molar-refractivity contribution in [2.45, 2.75) is 65.3 Å². The maximum atomic E-state index is 12.4. The standard InChI is InChI=1S/C21H29N3O2/c1-6-18-23-15(3)17(20(26)24-18)12-19(25)22-14(2)13-21(4,5)16-10-8-7-9-11-16/h7-11,14H,6,12-13H2,1-5H3,(H,22,25)(H,23,24,26)/t14-/m0/s1. The molecule has 1 atom stereocenters. The monoisotopic (exact) mass is 355 g/mol. The first-order valence-corrected chi connectivity index (χ1v) is 9.16. The van der Waals surface area contributed by atoms with Crippen molar-refractivity contribution in [2.24, 2.45) is 0 Å². The topological polar surface area (TPSA) is 74.8 Å². The Bertz CT molecular complexity index is 810. The summed E-state index contributed by atoms with van der Waals surface area (Å²) in [4.78, 5) is 31.7. The Morgan fingerprint density at radius 1 is 1.27 bits per heavy atom. The highest BCUT2D eigenvalue weighted by Crippen LogP contribution is 2.28. The number of amides is 1. The minimum absolute atomic E-state index is 0.0000296. The van der Waals surface area contributed by atoms with Gasteiger partial charge in [-0.2, -0.15) is 0 Å². The molecular weight excluding hydrogens is 326 g/mol. The van der Waals surface area contributed by atoms with Crippen LogP contribution in [0.25, 0.3) is 0 Å². The summed E-state index contributed by atoms with van der Waals surface area (Å²) in [7, 11) is 0. The van der Waals surface area contributed by atoms with E-state index in [1.54, 1.807) is 6.92 Å². The van der Waals surface area contributed by atoms with Crippen molar-refractivity contribution in [1.82, 2.24) is 15.3 Å². The molecule has 26 heavy (non-hydrogen) atoms. The van der Waals surface area contributed by atoms with E-state index >= 15 is 0 Å². The summed E-state index contributed by atoms with van der Waals surface area (Å²) < 4.78 is 0. The first kappa shape index (κ1) is 19.9. The van der Waals surface area contributed by atoms with Gasteiger partial charge >= 0.3 is 0 Å². The van der Waals surface area contributed by atoms with Gasteiger partial charge in [-0.1, -0.05) is 51.1 Å². The first-order valence-electron chi connectivity index (χ1n) is 9.16. The minimum atomic E-state index is -0.221. The van der Waals surface area contributed by atoms with Gasteiger partial charge in [0.2, 0.25) is 5.91 Å². The number of benzene rings is 1. The van der Waals surface area contributed by atoms with Crippen LogP contribution in [0.2, 0.25) is 0 Å². The molecular formula is C21H29N3O2. The van der Waals surface area contributed by atoms with Gasteiger partial charge in [-0.05, 0) is 31.2 Å². The third-order valence-corrected chi connectivity index (χ3v) is 4.72. The number of carbonyl (C=O) groups is 1. The van der Waals surface area contributed by atoms with E-state index < -0.39 is 0 Å². The molecule has 0 fully saturated rings. The number of nitrogens with zero attached hydrogens (tertiary/aromatic N) is 1. The van der Waals surface area contributed by atoms with E-state index in [2.05, 4.69) is 41.3 Å². The molecule has 0 unspecified atom stereocenters. The van der Waals surface area contributed by atoms with Crippen molar-refractivity contribution in [2.75, 3.05) is 0 Å². The Morgan fingerprint density at radius 3 is 2.50 bits per heavy atom. The van der Waals surface area contributed by atoms with E-state index in [9.17, 15) is 9.59 Å². The van der Waals surface area contributed by atoms with Crippen LogP contribution in [0.1, 0.15) is 56.8 Å². The van der Waals surface area contributed by atoms with Crippen molar-refractivity contribution in [3.63, 3.8) is 0 Å². The lowest BCUT2D eigenvalue weighted by Gasteiger charge is -2.29. The zero-order valence-corrected chi connectivity index (χ0v) is 16.3. The molecule has 0 bridgehead atoms. The highest BCUT2D eigenvalue weighted by molar-refractivity contribution is 5.79. The predicted molar refractivity (Wildman–Crippen MR) is 104 cm³/mol. The van der Waals surface area contributed by atoms with Gasteiger partial charge in [0.15, 0.2) is 0 Å². The molecule has 0 aliphatic carbocycles. The van der Waals surface area contributed by atoms with Crippen LogP contribution in [-0.2, 0) is 23.1 Å². The zero-order valence-electron chi connectivity index (χ0n) is 16.3. The first-order chi connectivity index (χ1) is 12.2. The van der Waals surface area contributed by atoms with Crippen LogP contribution < -0.4 is 10.9 Å². The van der Waals surface area contributed by atoms with E-state index in [-0.39, 0.29) is 29.3 Å². The fourth-order valence-corrected chi connectivity index (χ4v) is 3.35. The summed E-state index contributed by atoms with van der Waals surface area (Å²) in [6.07, 6.45) is 1.52. The summed E-state index contributed by atoms with van der Waals surface area (Å²) in [5, 5.41) is 3.02. The Kier molecular flexibility index (Phi) is 6.35. The molecule has 0 saturated carbocycles. The van der Waals surface area contributed by atoms with Crippen molar-refractivity contribution in [3.8, 4) is 0 Å². The lowest BCUT2D eigenvalue weighted by atomic mass is 9.79. The smallest absolute Gasteiger partial charge is 0.254 e. The summed E-state index contributed by atoms with van der Waals surface area (Å²) in [5.41, 5.74) is 2.04. The molecule has 2 aromatic rings.